The molecule has 0 atom stereocenters. The zero-order valence-electron chi connectivity index (χ0n) is 7.95. The van der Waals surface area contributed by atoms with Gasteiger partial charge in [-0.1, -0.05) is 0 Å². The monoisotopic (exact) mass is 272 g/mol. The Morgan fingerprint density at radius 2 is 1.24 bits per heavy atom. The van der Waals surface area contributed by atoms with E-state index in [0.29, 0.717) is 0 Å². The maximum Gasteiger partial charge on any atom is 0.346 e. The molecule has 1 aromatic rings. The van der Waals surface area contributed by atoms with Crippen LogP contribution in [-0.2, 0) is 4.74 Å². The van der Waals surface area contributed by atoms with E-state index in [9.17, 15) is 19.2 Å². The Bertz CT molecular complexity index is 540. The summed E-state index contributed by atoms with van der Waals surface area (Å²) in [5, 5.41) is -1.91. The molecule has 0 fully saturated rings. The van der Waals surface area contributed by atoms with Gasteiger partial charge in [0.1, 0.15) is 0 Å². The molecule has 1 aliphatic heterocycles. The number of esters is 2. The molecule has 0 N–H and O–H groups in total. The summed E-state index contributed by atoms with van der Waals surface area (Å²) in [6.07, 6.45) is 0. The zero-order chi connectivity index (χ0) is 12.7. The fraction of sp³-hybridized carbons (Fsp3) is 0. The molecular weight excluding hydrogens is 271 g/mol. The molecule has 0 saturated carbocycles. The lowest BCUT2D eigenvalue weighted by Gasteiger charge is -2.02. The van der Waals surface area contributed by atoms with Crippen LogP contribution in [0.5, 0.6) is 0 Å². The van der Waals surface area contributed by atoms with E-state index >= 15 is 0 Å². The van der Waals surface area contributed by atoms with Crippen LogP contribution in [0.25, 0.3) is 0 Å². The van der Waals surface area contributed by atoms with Crippen LogP contribution < -0.4 is 0 Å². The van der Waals surface area contributed by atoms with Gasteiger partial charge in [-0.3, -0.25) is 9.59 Å². The van der Waals surface area contributed by atoms with Gasteiger partial charge >= 0.3 is 11.9 Å². The molecule has 0 radical (unpaired) electrons. The first-order valence-corrected chi connectivity index (χ1v) is 5.01. The van der Waals surface area contributed by atoms with Crippen molar-refractivity contribution in [3.05, 3.63) is 34.4 Å². The summed E-state index contributed by atoms with van der Waals surface area (Å²) >= 11 is 10.5. The second kappa shape index (κ2) is 3.94. The normalized spacial score (nSPS) is 13.3. The second-order valence-electron chi connectivity index (χ2n) is 3.17. The molecule has 0 aromatic heterocycles. The topological polar surface area (TPSA) is 77.5 Å². The smallest absolute Gasteiger partial charge is 0.346 e. The lowest BCUT2D eigenvalue weighted by atomic mass is 10.0. The van der Waals surface area contributed by atoms with Gasteiger partial charge in [0.05, 0.1) is 11.1 Å². The Labute approximate surface area is 104 Å². The summed E-state index contributed by atoms with van der Waals surface area (Å²) in [5.74, 6) is -1.78. The van der Waals surface area contributed by atoms with Crippen LogP contribution >= 0.6 is 23.2 Å². The van der Waals surface area contributed by atoms with Crippen LogP contribution in [0.4, 0.5) is 0 Å². The minimum absolute atomic E-state index is 0.110. The van der Waals surface area contributed by atoms with Crippen LogP contribution in [-0.4, -0.2) is 22.4 Å². The highest BCUT2D eigenvalue weighted by molar-refractivity contribution is 6.72. The quantitative estimate of drug-likeness (QED) is 0.466. The van der Waals surface area contributed by atoms with Crippen molar-refractivity contribution in [2.45, 2.75) is 0 Å². The van der Waals surface area contributed by atoms with Gasteiger partial charge in [-0.05, 0) is 35.3 Å². The molecule has 0 unspecified atom stereocenters. The van der Waals surface area contributed by atoms with E-state index in [2.05, 4.69) is 4.74 Å². The van der Waals surface area contributed by atoms with Crippen LogP contribution in [0.3, 0.4) is 0 Å². The van der Waals surface area contributed by atoms with Crippen molar-refractivity contribution in [1.29, 1.82) is 0 Å². The molecule has 0 bridgehead atoms. The maximum absolute atomic E-state index is 11.2. The van der Waals surface area contributed by atoms with E-state index in [1.807, 2.05) is 0 Å². The molecule has 0 amide bonds. The van der Waals surface area contributed by atoms with Crippen LogP contribution in [0.15, 0.2) is 12.1 Å². The van der Waals surface area contributed by atoms with Crippen molar-refractivity contribution in [2.24, 2.45) is 0 Å². The number of rotatable bonds is 2. The molecule has 7 heteroatoms. The van der Waals surface area contributed by atoms with Gasteiger partial charge in [-0.15, -0.1) is 0 Å². The number of cyclic esters (lactones) is 2. The van der Waals surface area contributed by atoms with Gasteiger partial charge in [0, 0.05) is 11.1 Å². The molecule has 0 spiro atoms. The minimum atomic E-state index is -0.955. The molecule has 86 valence electrons. The highest BCUT2D eigenvalue weighted by Gasteiger charge is 2.32. The van der Waals surface area contributed by atoms with Crippen molar-refractivity contribution in [2.75, 3.05) is 0 Å². The Hall–Kier alpha value is -1.72. The zero-order valence-corrected chi connectivity index (χ0v) is 9.46. The third kappa shape index (κ3) is 1.83. The fourth-order valence-corrected chi connectivity index (χ4v) is 1.77. The number of benzene rings is 1. The van der Waals surface area contributed by atoms with Crippen molar-refractivity contribution < 1.29 is 23.9 Å². The molecule has 1 heterocycles. The van der Waals surface area contributed by atoms with Crippen molar-refractivity contribution in [3.63, 3.8) is 0 Å². The molecule has 0 aliphatic carbocycles. The average molecular weight is 273 g/mol. The largest absolute Gasteiger partial charge is 0.386 e. The molecule has 5 nitrogen and oxygen atoms in total. The highest BCUT2D eigenvalue weighted by Crippen LogP contribution is 2.26. The summed E-state index contributed by atoms with van der Waals surface area (Å²) in [4.78, 5) is 44.6. The predicted octanol–water partition coefficient (Wildman–Crippen LogP) is 1.76. The van der Waals surface area contributed by atoms with Crippen molar-refractivity contribution in [1.82, 2.24) is 0 Å². The molecule has 17 heavy (non-hydrogen) atoms. The van der Waals surface area contributed by atoms with Crippen LogP contribution in [0.1, 0.15) is 41.4 Å². The van der Waals surface area contributed by atoms with Crippen molar-refractivity contribution >= 4 is 45.6 Å². The Morgan fingerprint density at radius 3 is 1.53 bits per heavy atom. The average Bonchev–Trinajstić information content (AvgIpc) is 2.52. The standard InChI is InChI=1S/C10H2Cl2O5/c11-7(13)3-1-5-6(2-4(3)8(12)14)10(16)17-9(5)15/h1-2H. The third-order valence-corrected chi connectivity index (χ3v) is 2.61. The number of halogens is 2. The van der Waals surface area contributed by atoms with E-state index in [-0.39, 0.29) is 22.3 Å². The van der Waals surface area contributed by atoms with Gasteiger partial charge in [0.2, 0.25) is 0 Å². The van der Waals surface area contributed by atoms with E-state index in [0.717, 1.165) is 12.1 Å². The van der Waals surface area contributed by atoms with E-state index < -0.39 is 22.4 Å². The van der Waals surface area contributed by atoms with E-state index in [4.69, 9.17) is 23.2 Å². The first-order valence-electron chi connectivity index (χ1n) is 4.26. The lowest BCUT2D eigenvalue weighted by molar-refractivity contribution is 0.0443. The first-order chi connectivity index (χ1) is 7.91. The number of ether oxygens (including phenoxy) is 1. The summed E-state index contributed by atoms with van der Waals surface area (Å²) in [6.45, 7) is 0. The van der Waals surface area contributed by atoms with Crippen LogP contribution in [0, 0.1) is 0 Å². The minimum Gasteiger partial charge on any atom is -0.386 e. The Morgan fingerprint density at radius 1 is 0.882 bits per heavy atom. The van der Waals surface area contributed by atoms with E-state index in [1.165, 1.54) is 0 Å². The summed E-state index contributed by atoms with van der Waals surface area (Å²) < 4.78 is 4.31. The molecule has 0 saturated heterocycles. The summed E-state index contributed by atoms with van der Waals surface area (Å²) in [5.41, 5.74) is -0.699. The summed E-state index contributed by atoms with van der Waals surface area (Å²) in [6, 6.07) is 2.04. The SMILES string of the molecule is O=C(Cl)c1cc2c(cc1C(=O)Cl)C(=O)OC2=O. The molecule has 2 rings (SSSR count). The molecular formula is C10H2Cl2O5. The van der Waals surface area contributed by atoms with Gasteiger partial charge < -0.3 is 4.74 Å². The van der Waals surface area contributed by atoms with Gasteiger partial charge in [0.25, 0.3) is 10.5 Å². The van der Waals surface area contributed by atoms with Crippen LogP contribution in [0.2, 0.25) is 0 Å². The third-order valence-electron chi connectivity index (χ3n) is 2.21. The van der Waals surface area contributed by atoms with Crippen molar-refractivity contribution in [3.8, 4) is 0 Å². The Balaban J connectivity index is 2.76. The van der Waals surface area contributed by atoms with Gasteiger partial charge in [-0.2, -0.15) is 0 Å². The first kappa shape index (κ1) is 11.8. The fourth-order valence-electron chi connectivity index (χ4n) is 1.46. The molecule has 1 aromatic carbocycles. The maximum atomic E-state index is 11.2. The number of hydrogen-bond acceptors (Lipinski definition) is 5. The number of carbonyl (C=O) groups is 4. The highest BCUT2D eigenvalue weighted by atomic mass is 35.5. The van der Waals surface area contributed by atoms with Gasteiger partial charge in [-0.25, -0.2) is 9.59 Å². The number of carbonyl (C=O) groups excluding carboxylic acids is 4. The van der Waals surface area contributed by atoms with Gasteiger partial charge in [0.15, 0.2) is 0 Å². The predicted molar refractivity (Wildman–Crippen MR) is 56.6 cm³/mol. The second-order valence-corrected chi connectivity index (χ2v) is 3.85. The summed E-state index contributed by atoms with van der Waals surface area (Å²) in [7, 11) is 0. The van der Waals surface area contributed by atoms with E-state index in [1.54, 1.807) is 0 Å². The number of fused-ring (bicyclic) bond motifs is 1. The number of hydrogen-bond donors (Lipinski definition) is 0. The molecule has 1 aliphatic rings. The lowest BCUT2D eigenvalue weighted by Crippen LogP contribution is -2.05. The Kier molecular flexibility index (Phi) is 2.73.